The Morgan fingerprint density at radius 1 is 1.13 bits per heavy atom. The molecule has 0 amide bonds. The van der Waals surface area contributed by atoms with E-state index in [1.165, 1.54) is 12.1 Å². The van der Waals surface area contributed by atoms with Crippen LogP contribution < -0.4 is 5.73 Å². The summed E-state index contributed by atoms with van der Waals surface area (Å²) in [5.74, 6) is 0. The van der Waals surface area contributed by atoms with Crippen LogP contribution in [0.15, 0.2) is 18.2 Å². The predicted octanol–water partition coefficient (Wildman–Crippen LogP) is 3.98. The van der Waals surface area contributed by atoms with Crippen LogP contribution in [-0.4, -0.2) is 6.18 Å². The second-order valence-electron chi connectivity index (χ2n) is 2.69. The van der Waals surface area contributed by atoms with E-state index in [0.29, 0.717) is 0 Å². The van der Waals surface area contributed by atoms with Crippen LogP contribution in [0.1, 0.15) is 11.6 Å². The van der Waals surface area contributed by atoms with E-state index in [9.17, 15) is 13.2 Å². The zero-order valence-corrected chi connectivity index (χ0v) is 9.51. The lowest BCUT2D eigenvalue weighted by molar-refractivity contribution is -0.149. The van der Waals surface area contributed by atoms with Gasteiger partial charge in [0.05, 0.1) is 10.0 Å². The number of halogens is 6. The molecule has 1 nitrogen and oxygen atoms in total. The zero-order chi connectivity index (χ0) is 10.9. The van der Waals surface area contributed by atoms with Gasteiger partial charge >= 0.3 is 6.18 Å². The van der Waals surface area contributed by atoms with Crippen LogP contribution in [0.25, 0.3) is 0 Å². The summed E-state index contributed by atoms with van der Waals surface area (Å²) in [6.45, 7) is 0. The van der Waals surface area contributed by atoms with Gasteiger partial charge in [-0.05, 0) is 17.7 Å². The molecule has 0 saturated heterocycles. The van der Waals surface area contributed by atoms with Gasteiger partial charge in [-0.25, -0.2) is 0 Å². The largest absolute Gasteiger partial charge is 0.407 e. The van der Waals surface area contributed by atoms with Crippen LogP contribution in [0.4, 0.5) is 13.2 Å². The molecule has 1 aromatic carbocycles. The van der Waals surface area contributed by atoms with Gasteiger partial charge in [0, 0.05) is 0 Å². The zero-order valence-electron chi connectivity index (χ0n) is 7.18. The smallest absolute Gasteiger partial charge is 0.316 e. The van der Waals surface area contributed by atoms with E-state index in [4.69, 9.17) is 28.9 Å². The molecule has 0 aliphatic carbocycles. The van der Waals surface area contributed by atoms with Gasteiger partial charge < -0.3 is 5.73 Å². The summed E-state index contributed by atoms with van der Waals surface area (Å²) in [5.41, 5.74) is 4.86. The third-order valence-electron chi connectivity index (χ3n) is 1.66. The Labute approximate surface area is 101 Å². The van der Waals surface area contributed by atoms with Crippen molar-refractivity contribution in [3.8, 4) is 0 Å². The SMILES string of the molecule is Cl.N[C@H](c1ccc(Cl)c(Cl)c1)C(F)(F)F. The minimum absolute atomic E-state index is 0. The maximum atomic E-state index is 12.2. The molecular weight excluding hydrogens is 273 g/mol. The lowest BCUT2D eigenvalue weighted by Gasteiger charge is -2.16. The lowest BCUT2D eigenvalue weighted by Crippen LogP contribution is -2.28. The van der Waals surface area contributed by atoms with Crippen LogP contribution in [-0.2, 0) is 0 Å². The molecule has 7 heteroatoms. The molecule has 1 rings (SSSR count). The first-order valence-electron chi connectivity index (χ1n) is 3.59. The number of hydrogen-bond acceptors (Lipinski definition) is 1. The Balaban J connectivity index is 0.00000196. The van der Waals surface area contributed by atoms with Crippen molar-refractivity contribution in [2.45, 2.75) is 12.2 Å². The lowest BCUT2D eigenvalue weighted by atomic mass is 10.1. The Morgan fingerprint density at radius 3 is 2.07 bits per heavy atom. The highest BCUT2D eigenvalue weighted by atomic mass is 35.5. The molecule has 0 fully saturated rings. The average Bonchev–Trinajstić information content (AvgIpc) is 2.07. The fourth-order valence-corrected chi connectivity index (χ4v) is 1.20. The second-order valence-corrected chi connectivity index (χ2v) is 3.51. The summed E-state index contributed by atoms with van der Waals surface area (Å²) in [6.07, 6.45) is -4.48. The fourth-order valence-electron chi connectivity index (χ4n) is 0.895. The second kappa shape index (κ2) is 5.25. The normalized spacial score (nSPS) is 13.2. The van der Waals surface area contributed by atoms with Gasteiger partial charge in [-0.2, -0.15) is 13.2 Å². The topological polar surface area (TPSA) is 26.0 Å². The van der Waals surface area contributed by atoms with Crippen LogP contribution in [0.5, 0.6) is 0 Å². The molecule has 0 aliphatic rings. The molecular formula is C8H7Cl3F3N. The monoisotopic (exact) mass is 279 g/mol. The Hall–Kier alpha value is -0.160. The van der Waals surface area contributed by atoms with Crippen molar-refractivity contribution in [2.75, 3.05) is 0 Å². The molecule has 0 aliphatic heterocycles. The Morgan fingerprint density at radius 2 is 1.67 bits per heavy atom. The summed E-state index contributed by atoms with van der Waals surface area (Å²) in [6, 6.07) is 1.57. The molecule has 0 radical (unpaired) electrons. The fraction of sp³-hybridized carbons (Fsp3) is 0.250. The molecule has 1 aromatic rings. The average molecular weight is 281 g/mol. The third kappa shape index (κ3) is 3.72. The van der Waals surface area contributed by atoms with Gasteiger partial charge in [0.15, 0.2) is 0 Å². The number of nitrogens with two attached hydrogens (primary N) is 1. The highest BCUT2D eigenvalue weighted by Crippen LogP contribution is 2.33. The van der Waals surface area contributed by atoms with Crippen molar-refractivity contribution in [2.24, 2.45) is 5.73 Å². The van der Waals surface area contributed by atoms with Gasteiger partial charge in [-0.3, -0.25) is 0 Å². The highest BCUT2D eigenvalue weighted by Gasteiger charge is 2.37. The van der Waals surface area contributed by atoms with Crippen LogP contribution in [0, 0.1) is 0 Å². The van der Waals surface area contributed by atoms with Gasteiger partial charge in [0.2, 0.25) is 0 Å². The number of alkyl halides is 3. The van der Waals surface area contributed by atoms with E-state index in [2.05, 4.69) is 0 Å². The molecule has 86 valence electrons. The van der Waals surface area contributed by atoms with Crippen molar-refractivity contribution >= 4 is 35.6 Å². The van der Waals surface area contributed by atoms with Gasteiger partial charge in [0.1, 0.15) is 6.04 Å². The molecule has 0 spiro atoms. The van der Waals surface area contributed by atoms with Crippen molar-refractivity contribution < 1.29 is 13.2 Å². The molecule has 15 heavy (non-hydrogen) atoms. The van der Waals surface area contributed by atoms with E-state index in [0.717, 1.165) is 6.07 Å². The first-order chi connectivity index (χ1) is 6.32. The molecule has 2 N–H and O–H groups in total. The van der Waals surface area contributed by atoms with E-state index < -0.39 is 12.2 Å². The summed E-state index contributed by atoms with van der Waals surface area (Å²) in [5, 5.41) is 0.258. The number of hydrogen-bond donors (Lipinski definition) is 1. The van der Waals surface area contributed by atoms with Crippen molar-refractivity contribution in [3.05, 3.63) is 33.8 Å². The van der Waals surface area contributed by atoms with Gasteiger partial charge in [0.25, 0.3) is 0 Å². The van der Waals surface area contributed by atoms with Crippen molar-refractivity contribution in [1.82, 2.24) is 0 Å². The van der Waals surface area contributed by atoms with E-state index >= 15 is 0 Å². The third-order valence-corrected chi connectivity index (χ3v) is 2.39. The summed E-state index contributed by atoms with van der Waals surface area (Å²) in [7, 11) is 0. The van der Waals surface area contributed by atoms with Crippen molar-refractivity contribution in [3.63, 3.8) is 0 Å². The van der Waals surface area contributed by atoms with Gasteiger partial charge in [-0.1, -0.05) is 29.3 Å². The summed E-state index contributed by atoms with van der Waals surface area (Å²) >= 11 is 11.1. The first kappa shape index (κ1) is 14.8. The van der Waals surface area contributed by atoms with Crippen molar-refractivity contribution in [1.29, 1.82) is 0 Å². The summed E-state index contributed by atoms with van der Waals surface area (Å²) in [4.78, 5) is 0. The minimum atomic E-state index is -4.48. The van der Waals surface area contributed by atoms with Crippen LogP contribution >= 0.6 is 35.6 Å². The molecule has 1 atom stereocenters. The summed E-state index contributed by atoms with van der Waals surface area (Å²) < 4.78 is 36.5. The maximum absolute atomic E-state index is 12.2. The quantitative estimate of drug-likeness (QED) is 0.827. The predicted molar refractivity (Wildman–Crippen MR) is 56.7 cm³/mol. The van der Waals surface area contributed by atoms with Crippen LogP contribution in [0.2, 0.25) is 10.0 Å². The Bertz CT molecular complexity index is 340. The molecule has 0 bridgehead atoms. The first-order valence-corrected chi connectivity index (χ1v) is 4.35. The van der Waals surface area contributed by atoms with E-state index in [1.807, 2.05) is 0 Å². The van der Waals surface area contributed by atoms with Crippen LogP contribution in [0.3, 0.4) is 0 Å². The van der Waals surface area contributed by atoms with E-state index in [1.54, 1.807) is 0 Å². The standard InChI is InChI=1S/C8H6Cl2F3N.ClH/c9-5-2-1-4(3-6(5)10)7(14)8(11,12)13;/h1-3,7H,14H2;1H/t7-;/m1./s1. The van der Waals surface area contributed by atoms with Gasteiger partial charge in [-0.15, -0.1) is 12.4 Å². The Kier molecular flexibility index (Phi) is 5.20. The molecule has 0 aromatic heterocycles. The number of benzene rings is 1. The maximum Gasteiger partial charge on any atom is 0.407 e. The molecule has 0 saturated carbocycles. The van der Waals surface area contributed by atoms with E-state index in [-0.39, 0.29) is 28.0 Å². The minimum Gasteiger partial charge on any atom is -0.316 e. The molecule has 0 unspecified atom stereocenters. The molecule has 0 heterocycles. The number of rotatable bonds is 1. The highest BCUT2D eigenvalue weighted by molar-refractivity contribution is 6.42.